The predicted octanol–water partition coefficient (Wildman–Crippen LogP) is 3.95. The van der Waals surface area contributed by atoms with Gasteiger partial charge in [-0.2, -0.15) is 0 Å². The first-order chi connectivity index (χ1) is 11.7. The van der Waals surface area contributed by atoms with E-state index in [1.54, 1.807) is 0 Å². The van der Waals surface area contributed by atoms with E-state index in [0.717, 1.165) is 60.6 Å². The second-order valence-corrected chi connectivity index (χ2v) is 7.31. The van der Waals surface area contributed by atoms with Gasteiger partial charge in [0.1, 0.15) is 5.76 Å². The van der Waals surface area contributed by atoms with Crippen LogP contribution in [0, 0.1) is 12.8 Å². The lowest BCUT2D eigenvalue weighted by molar-refractivity contribution is -0.131. The highest BCUT2D eigenvalue weighted by Gasteiger charge is 2.23. The minimum atomic E-state index is 0. The molecule has 0 unspecified atom stereocenters. The number of hydrogen-bond donors (Lipinski definition) is 1. The van der Waals surface area contributed by atoms with Crippen LogP contribution in [-0.2, 0) is 11.2 Å². The molecule has 146 valence electrons. The molecular formula is C18H27Cl2N3O2S. The largest absolute Gasteiger partial charge is 0.459 e. The first kappa shape index (κ1) is 23.0. The summed E-state index contributed by atoms with van der Waals surface area (Å²) in [4.78, 5) is 19.0. The Hall–Kier alpha value is -1.08. The molecule has 0 bridgehead atoms. The fraction of sp³-hybridized carbons (Fsp3) is 0.556. The molecule has 0 saturated carbocycles. The van der Waals surface area contributed by atoms with E-state index < -0.39 is 0 Å². The number of carbonyl (C=O) groups is 1. The SMILES string of the molecule is CNCCC1CCN(C(=O)Cc2csc(-c3ccc(C)o3)n2)CC1.Cl.Cl. The fourth-order valence-electron chi connectivity index (χ4n) is 3.14. The molecule has 1 aliphatic rings. The number of nitrogens with one attached hydrogen (secondary N) is 1. The molecule has 8 heteroatoms. The van der Waals surface area contributed by atoms with E-state index in [-0.39, 0.29) is 30.7 Å². The highest BCUT2D eigenvalue weighted by Crippen LogP contribution is 2.26. The number of likely N-dealkylation sites (tertiary alicyclic amines) is 1. The molecule has 0 atom stereocenters. The Labute approximate surface area is 171 Å². The summed E-state index contributed by atoms with van der Waals surface area (Å²) in [5.41, 5.74) is 0.839. The molecule has 1 saturated heterocycles. The van der Waals surface area contributed by atoms with E-state index in [1.807, 2.05) is 36.4 Å². The number of aromatic nitrogens is 1. The summed E-state index contributed by atoms with van der Waals surface area (Å²) in [6.07, 6.45) is 3.82. The maximum Gasteiger partial charge on any atom is 0.228 e. The van der Waals surface area contributed by atoms with Crippen molar-refractivity contribution in [3.63, 3.8) is 0 Å². The number of hydrogen-bond acceptors (Lipinski definition) is 5. The minimum absolute atomic E-state index is 0. The highest BCUT2D eigenvalue weighted by atomic mass is 35.5. The number of rotatable bonds is 6. The van der Waals surface area contributed by atoms with Gasteiger partial charge in [0.05, 0.1) is 12.1 Å². The van der Waals surface area contributed by atoms with Crippen molar-refractivity contribution in [3.8, 4) is 10.8 Å². The molecule has 0 aliphatic carbocycles. The van der Waals surface area contributed by atoms with Crippen molar-refractivity contribution in [2.75, 3.05) is 26.7 Å². The van der Waals surface area contributed by atoms with Crippen LogP contribution in [0.1, 0.15) is 30.7 Å². The van der Waals surface area contributed by atoms with E-state index in [1.165, 1.54) is 17.8 Å². The van der Waals surface area contributed by atoms with E-state index in [0.29, 0.717) is 6.42 Å². The van der Waals surface area contributed by atoms with Crippen molar-refractivity contribution >= 4 is 42.1 Å². The third-order valence-corrected chi connectivity index (χ3v) is 5.51. The molecule has 0 spiro atoms. The maximum absolute atomic E-state index is 12.5. The number of furan rings is 1. The van der Waals surface area contributed by atoms with E-state index in [4.69, 9.17) is 4.42 Å². The molecule has 1 amide bonds. The second-order valence-electron chi connectivity index (χ2n) is 6.45. The Morgan fingerprint density at radius 1 is 1.35 bits per heavy atom. The van der Waals surface area contributed by atoms with Crippen molar-refractivity contribution in [1.29, 1.82) is 0 Å². The first-order valence-electron chi connectivity index (χ1n) is 8.59. The van der Waals surface area contributed by atoms with Gasteiger partial charge < -0.3 is 14.6 Å². The van der Waals surface area contributed by atoms with Crippen molar-refractivity contribution in [2.24, 2.45) is 5.92 Å². The summed E-state index contributed by atoms with van der Waals surface area (Å²) in [7, 11) is 1.99. The van der Waals surface area contributed by atoms with Crippen LogP contribution in [0.5, 0.6) is 0 Å². The zero-order chi connectivity index (χ0) is 16.9. The highest BCUT2D eigenvalue weighted by molar-refractivity contribution is 7.13. The lowest BCUT2D eigenvalue weighted by Gasteiger charge is -2.32. The predicted molar refractivity (Wildman–Crippen MR) is 111 cm³/mol. The number of carbonyl (C=O) groups excluding carboxylic acids is 1. The summed E-state index contributed by atoms with van der Waals surface area (Å²) in [5, 5.41) is 6.01. The smallest absolute Gasteiger partial charge is 0.228 e. The second kappa shape index (κ2) is 10.9. The van der Waals surface area contributed by atoms with E-state index in [2.05, 4.69) is 10.3 Å². The Balaban J connectivity index is 0.00000169. The average molecular weight is 420 g/mol. The first-order valence-corrected chi connectivity index (χ1v) is 9.47. The molecule has 1 aliphatic heterocycles. The van der Waals surface area contributed by atoms with Gasteiger partial charge >= 0.3 is 0 Å². The normalized spacial score (nSPS) is 14.6. The summed E-state index contributed by atoms with van der Waals surface area (Å²) >= 11 is 1.53. The third-order valence-electron chi connectivity index (χ3n) is 4.61. The molecule has 3 heterocycles. The third kappa shape index (κ3) is 5.98. The summed E-state index contributed by atoms with van der Waals surface area (Å²) in [6.45, 7) is 4.73. The van der Waals surface area contributed by atoms with Crippen LogP contribution >= 0.6 is 36.2 Å². The van der Waals surface area contributed by atoms with Crippen molar-refractivity contribution in [2.45, 2.75) is 32.6 Å². The monoisotopic (exact) mass is 419 g/mol. The lowest BCUT2D eigenvalue weighted by Crippen LogP contribution is -2.39. The van der Waals surface area contributed by atoms with Crippen LogP contribution in [0.4, 0.5) is 0 Å². The minimum Gasteiger partial charge on any atom is -0.459 e. The number of nitrogens with zero attached hydrogens (tertiary/aromatic N) is 2. The van der Waals surface area contributed by atoms with Gasteiger partial charge in [-0.15, -0.1) is 36.2 Å². The van der Waals surface area contributed by atoms with Crippen molar-refractivity contribution in [1.82, 2.24) is 15.2 Å². The van der Waals surface area contributed by atoms with Crippen molar-refractivity contribution < 1.29 is 9.21 Å². The van der Waals surface area contributed by atoms with Gasteiger partial charge in [0.25, 0.3) is 0 Å². The van der Waals surface area contributed by atoms with E-state index in [9.17, 15) is 4.79 Å². The summed E-state index contributed by atoms with van der Waals surface area (Å²) in [5.74, 6) is 2.59. The number of halogens is 2. The molecule has 2 aromatic rings. The van der Waals surface area contributed by atoms with Gasteiger partial charge in [0.15, 0.2) is 10.8 Å². The van der Waals surface area contributed by atoms with Crippen molar-refractivity contribution in [3.05, 3.63) is 29.0 Å². The van der Waals surface area contributed by atoms with Crippen LogP contribution in [0.25, 0.3) is 10.8 Å². The van der Waals surface area contributed by atoms with Crippen LogP contribution in [0.2, 0.25) is 0 Å². The Morgan fingerprint density at radius 3 is 2.69 bits per heavy atom. The Morgan fingerprint density at radius 2 is 2.08 bits per heavy atom. The Kier molecular flexibility index (Phi) is 9.64. The van der Waals surface area contributed by atoms with Gasteiger partial charge in [-0.3, -0.25) is 4.79 Å². The lowest BCUT2D eigenvalue weighted by atomic mass is 9.93. The van der Waals surface area contributed by atoms with Crippen LogP contribution in [0.15, 0.2) is 21.9 Å². The standard InChI is InChI=1S/C18H25N3O2S.2ClH/c1-13-3-4-16(23-13)18-20-15(12-24-18)11-17(22)21-9-6-14(7-10-21)5-8-19-2;;/h3-4,12,14,19H,5-11H2,1-2H3;2*1H. The molecule has 2 aromatic heterocycles. The fourth-order valence-corrected chi connectivity index (χ4v) is 3.92. The zero-order valence-corrected chi connectivity index (χ0v) is 17.6. The van der Waals surface area contributed by atoms with Gasteiger partial charge in [0, 0.05) is 18.5 Å². The van der Waals surface area contributed by atoms with Crippen LogP contribution in [-0.4, -0.2) is 42.5 Å². The number of aryl methyl sites for hydroxylation is 1. The number of amides is 1. The Bertz CT molecular complexity index is 682. The topological polar surface area (TPSA) is 58.4 Å². The quantitative estimate of drug-likeness (QED) is 0.769. The molecule has 5 nitrogen and oxygen atoms in total. The molecule has 1 fully saturated rings. The average Bonchev–Trinajstić information content (AvgIpc) is 3.22. The van der Waals surface area contributed by atoms with Gasteiger partial charge in [-0.25, -0.2) is 4.98 Å². The van der Waals surface area contributed by atoms with Crippen LogP contribution < -0.4 is 5.32 Å². The molecule has 26 heavy (non-hydrogen) atoms. The summed E-state index contributed by atoms with van der Waals surface area (Å²) in [6, 6.07) is 3.86. The number of piperidine rings is 1. The summed E-state index contributed by atoms with van der Waals surface area (Å²) < 4.78 is 5.60. The zero-order valence-electron chi connectivity index (χ0n) is 15.2. The number of thiazole rings is 1. The van der Waals surface area contributed by atoms with Gasteiger partial charge in [-0.05, 0) is 57.8 Å². The molecule has 3 rings (SSSR count). The maximum atomic E-state index is 12.5. The van der Waals surface area contributed by atoms with E-state index >= 15 is 0 Å². The van der Waals surface area contributed by atoms with Gasteiger partial charge in [-0.1, -0.05) is 0 Å². The molecule has 0 aromatic carbocycles. The molecule has 1 N–H and O–H groups in total. The van der Waals surface area contributed by atoms with Crippen LogP contribution in [0.3, 0.4) is 0 Å². The molecule has 0 radical (unpaired) electrons. The molecular weight excluding hydrogens is 393 g/mol. The van der Waals surface area contributed by atoms with Gasteiger partial charge in [0.2, 0.25) is 5.91 Å².